The highest BCUT2D eigenvalue weighted by Crippen LogP contribution is 2.24. The molecule has 4 nitrogen and oxygen atoms in total. The van der Waals surface area contributed by atoms with Crippen molar-refractivity contribution in [1.29, 1.82) is 0 Å². The molecular formula is C20H19N3OS. The van der Waals surface area contributed by atoms with E-state index in [1.54, 1.807) is 0 Å². The van der Waals surface area contributed by atoms with Gasteiger partial charge in [0.15, 0.2) is 5.13 Å². The molecule has 1 aliphatic rings. The van der Waals surface area contributed by atoms with Crippen LogP contribution in [0.2, 0.25) is 0 Å². The van der Waals surface area contributed by atoms with Crippen LogP contribution in [-0.4, -0.2) is 22.3 Å². The first kappa shape index (κ1) is 15.8. The highest BCUT2D eigenvalue weighted by molar-refractivity contribution is 7.14. The molecule has 1 aliphatic heterocycles. The van der Waals surface area contributed by atoms with Gasteiger partial charge in [0.25, 0.3) is 5.91 Å². The van der Waals surface area contributed by atoms with Crippen LogP contribution in [0.3, 0.4) is 0 Å². The lowest BCUT2D eigenvalue weighted by atomic mass is 10.00. The van der Waals surface area contributed by atoms with Gasteiger partial charge in [0.1, 0.15) is 5.69 Å². The number of hydrogen-bond donors (Lipinski definition) is 1. The van der Waals surface area contributed by atoms with Crippen LogP contribution in [-0.2, 0) is 13.0 Å². The van der Waals surface area contributed by atoms with Crippen molar-refractivity contribution in [3.63, 3.8) is 0 Å². The molecule has 0 radical (unpaired) electrons. The van der Waals surface area contributed by atoms with Crippen LogP contribution in [0.4, 0.5) is 10.8 Å². The van der Waals surface area contributed by atoms with Crippen LogP contribution in [0.15, 0.2) is 53.9 Å². The number of nitrogens with one attached hydrogen (secondary N) is 1. The molecule has 0 fully saturated rings. The van der Waals surface area contributed by atoms with E-state index >= 15 is 0 Å². The van der Waals surface area contributed by atoms with Gasteiger partial charge in [0.05, 0.1) is 0 Å². The summed E-state index contributed by atoms with van der Waals surface area (Å²) in [7, 11) is 0. The molecule has 0 bridgehead atoms. The van der Waals surface area contributed by atoms with Crippen molar-refractivity contribution in [2.24, 2.45) is 0 Å². The zero-order valence-electron chi connectivity index (χ0n) is 14.0. The lowest BCUT2D eigenvalue weighted by molar-refractivity contribution is 0.0729. The first-order valence-corrected chi connectivity index (χ1v) is 9.22. The molecule has 0 saturated carbocycles. The number of carbonyl (C=O) groups is 1. The summed E-state index contributed by atoms with van der Waals surface area (Å²) in [4.78, 5) is 19.1. The number of benzene rings is 2. The summed E-state index contributed by atoms with van der Waals surface area (Å²) in [6, 6.07) is 16.4. The van der Waals surface area contributed by atoms with Gasteiger partial charge in [-0.05, 0) is 42.2 Å². The molecule has 5 heteroatoms. The maximum Gasteiger partial charge on any atom is 0.273 e. The predicted octanol–water partition coefficient (Wildman–Crippen LogP) is 4.39. The van der Waals surface area contributed by atoms with E-state index < -0.39 is 0 Å². The van der Waals surface area contributed by atoms with Gasteiger partial charge in [-0.25, -0.2) is 4.98 Å². The van der Waals surface area contributed by atoms with Crippen molar-refractivity contribution in [3.05, 3.63) is 76.3 Å². The summed E-state index contributed by atoms with van der Waals surface area (Å²) in [6.45, 7) is 3.46. The number of rotatable bonds is 3. The Bertz CT molecular complexity index is 919. The monoisotopic (exact) mass is 349 g/mol. The van der Waals surface area contributed by atoms with Gasteiger partial charge in [-0.3, -0.25) is 4.79 Å². The summed E-state index contributed by atoms with van der Waals surface area (Å²) in [5.41, 5.74) is 5.26. The molecule has 3 aromatic rings. The molecule has 2 aromatic carbocycles. The molecule has 1 amide bonds. The highest BCUT2D eigenvalue weighted by Gasteiger charge is 2.23. The normalized spacial score (nSPS) is 13.4. The maximum atomic E-state index is 12.8. The van der Waals surface area contributed by atoms with Crippen molar-refractivity contribution in [2.75, 3.05) is 11.9 Å². The van der Waals surface area contributed by atoms with Gasteiger partial charge < -0.3 is 10.2 Å². The minimum Gasteiger partial charge on any atom is -0.333 e. The van der Waals surface area contributed by atoms with E-state index in [4.69, 9.17) is 0 Å². The smallest absolute Gasteiger partial charge is 0.273 e. The summed E-state index contributed by atoms with van der Waals surface area (Å²) in [5, 5.41) is 5.85. The third kappa shape index (κ3) is 3.42. The quantitative estimate of drug-likeness (QED) is 0.762. The molecule has 0 aliphatic carbocycles. The van der Waals surface area contributed by atoms with Crippen LogP contribution in [0.5, 0.6) is 0 Å². The second kappa shape index (κ2) is 6.69. The molecule has 2 heterocycles. The van der Waals surface area contributed by atoms with Crippen molar-refractivity contribution < 1.29 is 4.79 Å². The minimum absolute atomic E-state index is 0.00282. The van der Waals surface area contributed by atoms with Crippen molar-refractivity contribution in [1.82, 2.24) is 9.88 Å². The van der Waals surface area contributed by atoms with E-state index in [0.717, 1.165) is 23.8 Å². The fraction of sp³-hybridized carbons (Fsp3) is 0.200. The van der Waals surface area contributed by atoms with Crippen LogP contribution in [0, 0.1) is 6.92 Å². The molecule has 4 rings (SSSR count). The van der Waals surface area contributed by atoms with Crippen LogP contribution in [0.25, 0.3) is 0 Å². The molecule has 1 aromatic heterocycles. The third-order valence-electron chi connectivity index (χ3n) is 4.41. The van der Waals surface area contributed by atoms with Gasteiger partial charge in [0, 0.05) is 24.2 Å². The Morgan fingerprint density at radius 1 is 1.16 bits per heavy atom. The van der Waals surface area contributed by atoms with Gasteiger partial charge >= 0.3 is 0 Å². The molecule has 126 valence electrons. The molecule has 0 saturated heterocycles. The number of thiazole rings is 1. The number of hydrogen-bond acceptors (Lipinski definition) is 4. The highest BCUT2D eigenvalue weighted by atomic mass is 32.1. The number of carbonyl (C=O) groups excluding carboxylic acids is 1. The topological polar surface area (TPSA) is 45.2 Å². The Kier molecular flexibility index (Phi) is 4.24. The average molecular weight is 349 g/mol. The lowest BCUT2D eigenvalue weighted by Gasteiger charge is -2.28. The molecule has 0 spiro atoms. The van der Waals surface area contributed by atoms with Gasteiger partial charge in [-0.1, -0.05) is 36.4 Å². The molecular weight excluding hydrogens is 330 g/mol. The van der Waals surface area contributed by atoms with E-state index in [1.807, 2.05) is 28.5 Å². The summed E-state index contributed by atoms with van der Waals surface area (Å²) in [5.74, 6) is 0.00282. The number of fused-ring (bicyclic) bond motifs is 1. The van der Waals surface area contributed by atoms with Crippen LogP contribution in [0.1, 0.15) is 27.2 Å². The first-order valence-electron chi connectivity index (χ1n) is 8.34. The average Bonchev–Trinajstić information content (AvgIpc) is 3.09. The van der Waals surface area contributed by atoms with Crippen molar-refractivity contribution in [3.8, 4) is 0 Å². The predicted molar refractivity (Wildman–Crippen MR) is 101 cm³/mol. The Morgan fingerprint density at radius 2 is 2.00 bits per heavy atom. The maximum absolute atomic E-state index is 12.8. The third-order valence-corrected chi connectivity index (χ3v) is 5.17. The number of amides is 1. The lowest BCUT2D eigenvalue weighted by Crippen LogP contribution is -2.36. The van der Waals surface area contributed by atoms with E-state index in [0.29, 0.717) is 12.2 Å². The fourth-order valence-corrected chi connectivity index (χ4v) is 3.81. The first-order chi connectivity index (χ1) is 12.2. The zero-order valence-corrected chi connectivity index (χ0v) is 14.8. The van der Waals surface area contributed by atoms with E-state index in [-0.39, 0.29) is 5.91 Å². The van der Waals surface area contributed by atoms with E-state index in [2.05, 4.69) is 47.6 Å². The zero-order chi connectivity index (χ0) is 17.2. The van der Waals surface area contributed by atoms with Crippen LogP contribution >= 0.6 is 11.3 Å². The SMILES string of the molecule is Cc1cccc(Nc2nc(C(=O)N3CCc4ccccc4C3)cs2)c1. The summed E-state index contributed by atoms with van der Waals surface area (Å²) in [6.07, 6.45) is 0.903. The second-order valence-electron chi connectivity index (χ2n) is 6.28. The second-order valence-corrected chi connectivity index (χ2v) is 7.14. The van der Waals surface area contributed by atoms with Gasteiger partial charge in [0.2, 0.25) is 0 Å². The fourth-order valence-electron chi connectivity index (χ4n) is 3.11. The number of aromatic nitrogens is 1. The largest absolute Gasteiger partial charge is 0.333 e. The Balaban J connectivity index is 1.48. The van der Waals surface area contributed by atoms with Crippen molar-refractivity contribution in [2.45, 2.75) is 19.9 Å². The Labute approximate surface area is 151 Å². The van der Waals surface area contributed by atoms with E-state index in [1.165, 1.54) is 28.0 Å². The van der Waals surface area contributed by atoms with Crippen molar-refractivity contribution >= 4 is 28.1 Å². The minimum atomic E-state index is 0.00282. The molecule has 1 N–H and O–H groups in total. The van der Waals surface area contributed by atoms with Gasteiger partial charge in [-0.15, -0.1) is 11.3 Å². The number of aryl methyl sites for hydroxylation is 1. The Hall–Kier alpha value is -2.66. The number of nitrogens with zero attached hydrogens (tertiary/aromatic N) is 2. The molecule has 0 unspecified atom stereocenters. The standard InChI is InChI=1S/C20H19N3OS/c1-14-5-4-8-17(11-14)21-20-22-18(13-25-20)19(24)23-10-9-15-6-2-3-7-16(15)12-23/h2-8,11,13H,9-10,12H2,1H3,(H,21,22). The molecule has 25 heavy (non-hydrogen) atoms. The molecule has 0 atom stereocenters. The van der Waals surface area contributed by atoms with E-state index in [9.17, 15) is 4.79 Å². The number of anilines is 2. The van der Waals surface area contributed by atoms with Gasteiger partial charge in [-0.2, -0.15) is 0 Å². The summed E-state index contributed by atoms with van der Waals surface area (Å²) >= 11 is 1.46. The summed E-state index contributed by atoms with van der Waals surface area (Å²) < 4.78 is 0. The Morgan fingerprint density at radius 3 is 2.84 bits per heavy atom. The van der Waals surface area contributed by atoms with Crippen LogP contribution < -0.4 is 5.32 Å².